The first-order valence-corrected chi connectivity index (χ1v) is 5.72. The number of nitrogen functional groups attached to an aromatic ring is 1. The molecule has 0 saturated heterocycles. The van der Waals surface area contributed by atoms with Crippen LogP contribution in [0.1, 0.15) is 5.56 Å². The number of aromatic hydroxyl groups is 1. The van der Waals surface area contributed by atoms with Crippen LogP contribution in [0.2, 0.25) is 0 Å². The second-order valence-electron chi connectivity index (χ2n) is 2.77. The van der Waals surface area contributed by atoms with E-state index in [0.29, 0.717) is 10.4 Å². The molecule has 2 aromatic rings. The lowest BCUT2D eigenvalue weighted by atomic mass is 10.2. The van der Waals surface area contributed by atoms with Crippen LogP contribution in [0.3, 0.4) is 0 Å². The maximum atomic E-state index is 9.57. The summed E-state index contributed by atoms with van der Waals surface area (Å²) in [5, 5.41) is 11.6. The van der Waals surface area contributed by atoms with Crippen molar-refractivity contribution in [3.63, 3.8) is 0 Å². The SMILES string of the molecule is Nc1ccc2sc(O)c(CBr)c2c1. The van der Waals surface area contributed by atoms with Crippen LogP contribution in [-0.2, 0) is 5.33 Å². The second kappa shape index (κ2) is 3.20. The number of hydrogen-bond acceptors (Lipinski definition) is 3. The van der Waals surface area contributed by atoms with Crippen LogP contribution in [0.15, 0.2) is 18.2 Å². The summed E-state index contributed by atoms with van der Waals surface area (Å²) < 4.78 is 1.07. The lowest BCUT2D eigenvalue weighted by Gasteiger charge is -1.95. The Morgan fingerprint density at radius 2 is 2.23 bits per heavy atom. The Morgan fingerprint density at radius 3 is 2.92 bits per heavy atom. The highest BCUT2D eigenvalue weighted by Crippen LogP contribution is 2.38. The van der Waals surface area contributed by atoms with Gasteiger partial charge < -0.3 is 10.8 Å². The van der Waals surface area contributed by atoms with E-state index in [0.717, 1.165) is 21.3 Å². The van der Waals surface area contributed by atoms with Gasteiger partial charge in [-0.1, -0.05) is 27.3 Å². The number of nitrogens with two attached hydrogens (primary N) is 1. The fourth-order valence-electron chi connectivity index (χ4n) is 1.28. The molecule has 0 fully saturated rings. The van der Waals surface area contributed by atoms with Crippen molar-refractivity contribution < 1.29 is 5.11 Å². The fourth-order valence-corrected chi connectivity index (χ4v) is 2.98. The molecule has 0 radical (unpaired) electrons. The van der Waals surface area contributed by atoms with Crippen molar-refractivity contribution in [2.45, 2.75) is 5.33 Å². The molecule has 13 heavy (non-hydrogen) atoms. The number of hydrogen-bond donors (Lipinski definition) is 2. The van der Waals surface area contributed by atoms with Gasteiger partial charge in [0, 0.05) is 26.7 Å². The molecule has 0 unspecified atom stereocenters. The topological polar surface area (TPSA) is 46.2 Å². The molecule has 0 amide bonds. The average molecular weight is 258 g/mol. The fraction of sp³-hybridized carbons (Fsp3) is 0.111. The highest BCUT2D eigenvalue weighted by Gasteiger charge is 2.09. The molecule has 0 atom stereocenters. The predicted molar refractivity (Wildman–Crippen MR) is 60.5 cm³/mol. The molecule has 1 heterocycles. The van der Waals surface area contributed by atoms with E-state index in [9.17, 15) is 5.11 Å². The minimum absolute atomic E-state index is 0.373. The molecule has 4 heteroatoms. The number of fused-ring (bicyclic) bond motifs is 1. The van der Waals surface area contributed by atoms with Crippen molar-refractivity contribution in [2.24, 2.45) is 0 Å². The van der Waals surface area contributed by atoms with Gasteiger partial charge in [-0.25, -0.2) is 0 Å². The molecule has 1 aromatic carbocycles. The van der Waals surface area contributed by atoms with Gasteiger partial charge in [-0.15, -0.1) is 0 Å². The van der Waals surface area contributed by atoms with Gasteiger partial charge in [-0.2, -0.15) is 0 Å². The first-order chi connectivity index (χ1) is 6.22. The monoisotopic (exact) mass is 257 g/mol. The Kier molecular flexibility index (Phi) is 2.17. The first kappa shape index (κ1) is 8.84. The average Bonchev–Trinajstić information content (AvgIpc) is 2.40. The number of halogens is 1. The lowest BCUT2D eigenvalue weighted by Crippen LogP contribution is -1.83. The molecule has 2 rings (SSSR count). The van der Waals surface area contributed by atoms with Crippen LogP contribution in [0.4, 0.5) is 5.69 Å². The molecule has 68 valence electrons. The van der Waals surface area contributed by atoms with Crippen molar-refractivity contribution in [3.05, 3.63) is 23.8 Å². The molecule has 0 aliphatic heterocycles. The van der Waals surface area contributed by atoms with E-state index in [1.165, 1.54) is 11.3 Å². The lowest BCUT2D eigenvalue weighted by molar-refractivity contribution is 0.487. The van der Waals surface area contributed by atoms with Crippen LogP contribution in [0, 0.1) is 0 Å². The maximum Gasteiger partial charge on any atom is 0.176 e. The number of benzene rings is 1. The summed E-state index contributed by atoms with van der Waals surface area (Å²) in [5.41, 5.74) is 7.32. The highest BCUT2D eigenvalue weighted by atomic mass is 79.9. The Balaban J connectivity index is 2.80. The summed E-state index contributed by atoms with van der Waals surface area (Å²) in [5.74, 6) is 0. The minimum Gasteiger partial charge on any atom is -0.499 e. The number of thiophene rings is 1. The van der Waals surface area contributed by atoms with Gasteiger partial charge >= 0.3 is 0 Å². The third-order valence-corrected chi connectivity index (χ3v) is 3.50. The van der Waals surface area contributed by atoms with Crippen molar-refractivity contribution >= 4 is 43.0 Å². The molecule has 0 aliphatic rings. The molecule has 0 bridgehead atoms. The van der Waals surface area contributed by atoms with Crippen LogP contribution < -0.4 is 5.73 Å². The zero-order chi connectivity index (χ0) is 9.42. The standard InChI is InChI=1S/C9H8BrNOS/c10-4-7-6-3-5(11)1-2-8(6)13-9(7)12/h1-3,12H,4,11H2. The highest BCUT2D eigenvalue weighted by molar-refractivity contribution is 9.08. The zero-order valence-electron chi connectivity index (χ0n) is 6.75. The Morgan fingerprint density at radius 1 is 1.46 bits per heavy atom. The maximum absolute atomic E-state index is 9.57. The third-order valence-electron chi connectivity index (χ3n) is 1.93. The van der Waals surface area contributed by atoms with Gasteiger partial charge in [-0.05, 0) is 18.2 Å². The van der Waals surface area contributed by atoms with Crippen LogP contribution in [-0.4, -0.2) is 5.11 Å². The molecule has 2 nitrogen and oxygen atoms in total. The largest absolute Gasteiger partial charge is 0.499 e. The van der Waals surface area contributed by atoms with E-state index in [4.69, 9.17) is 5.73 Å². The van der Waals surface area contributed by atoms with E-state index in [2.05, 4.69) is 15.9 Å². The molecule has 0 saturated carbocycles. The van der Waals surface area contributed by atoms with Crippen LogP contribution >= 0.6 is 27.3 Å². The van der Waals surface area contributed by atoms with Gasteiger partial charge in [0.05, 0.1) is 0 Å². The van der Waals surface area contributed by atoms with Gasteiger partial charge in [0.2, 0.25) is 0 Å². The number of alkyl halides is 1. The van der Waals surface area contributed by atoms with Crippen molar-refractivity contribution in [2.75, 3.05) is 5.73 Å². The third kappa shape index (κ3) is 1.40. The Bertz CT molecular complexity index is 452. The van der Waals surface area contributed by atoms with Crippen molar-refractivity contribution in [3.8, 4) is 5.06 Å². The molecule has 3 N–H and O–H groups in total. The second-order valence-corrected chi connectivity index (χ2v) is 4.37. The van der Waals surface area contributed by atoms with Gasteiger partial charge in [0.25, 0.3) is 0 Å². The summed E-state index contributed by atoms with van der Waals surface area (Å²) in [4.78, 5) is 0. The van der Waals surface area contributed by atoms with E-state index in [1.807, 2.05) is 18.2 Å². The van der Waals surface area contributed by atoms with Crippen LogP contribution in [0.25, 0.3) is 10.1 Å². The predicted octanol–water partition coefficient (Wildman–Crippen LogP) is 3.08. The van der Waals surface area contributed by atoms with Crippen molar-refractivity contribution in [1.82, 2.24) is 0 Å². The summed E-state index contributed by atoms with van der Waals surface area (Å²) in [6.45, 7) is 0. The van der Waals surface area contributed by atoms with E-state index < -0.39 is 0 Å². The number of anilines is 1. The quantitative estimate of drug-likeness (QED) is 0.610. The van der Waals surface area contributed by atoms with E-state index in [-0.39, 0.29) is 0 Å². The van der Waals surface area contributed by atoms with E-state index >= 15 is 0 Å². The summed E-state index contributed by atoms with van der Waals surface area (Å²) in [6, 6.07) is 5.67. The smallest absolute Gasteiger partial charge is 0.176 e. The Labute approximate surface area is 88.1 Å². The van der Waals surface area contributed by atoms with Gasteiger partial charge in [-0.3, -0.25) is 0 Å². The van der Waals surface area contributed by atoms with Crippen molar-refractivity contribution in [1.29, 1.82) is 0 Å². The van der Waals surface area contributed by atoms with Gasteiger partial charge in [0.1, 0.15) is 0 Å². The normalized spacial score (nSPS) is 10.8. The van der Waals surface area contributed by atoms with Gasteiger partial charge in [0.15, 0.2) is 5.06 Å². The zero-order valence-corrected chi connectivity index (χ0v) is 9.15. The first-order valence-electron chi connectivity index (χ1n) is 3.78. The molecule has 0 aliphatic carbocycles. The number of rotatable bonds is 1. The Hall–Kier alpha value is -0.740. The molecular weight excluding hydrogens is 250 g/mol. The summed E-state index contributed by atoms with van der Waals surface area (Å²) in [6.07, 6.45) is 0. The molecule has 0 spiro atoms. The summed E-state index contributed by atoms with van der Waals surface area (Å²) in [7, 11) is 0. The molecular formula is C9H8BrNOS. The van der Waals surface area contributed by atoms with E-state index in [1.54, 1.807) is 0 Å². The summed E-state index contributed by atoms with van der Waals surface area (Å²) >= 11 is 4.72. The molecule has 1 aromatic heterocycles. The van der Waals surface area contributed by atoms with Crippen LogP contribution in [0.5, 0.6) is 5.06 Å². The minimum atomic E-state index is 0.373.